The van der Waals surface area contributed by atoms with Gasteiger partial charge in [0.05, 0.1) is 0 Å². The van der Waals surface area contributed by atoms with Gasteiger partial charge >= 0.3 is 0 Å². The van der Waals surface area contributed by atoms with Gasteiger partial charge in [0, 0.05) is 22.9 Å². The predicted molar refractivity (Wildman–Crippen MR) is 85.6 cm³/mol. The zero-order valence-electron chi connectivity index (χ0n) is 12.3. The number of carbonyl (C=O) groups is 1. The van der Waals surface area contributed by atoms with E-state index in [2.05, 4.69) is 19.1 Å². The molecule has 1 aromatic heterocycles. The lowest BCUT2D eigenvalue weighted by Crippen LogP contribution is -1.95. The first-order chi connectivity index (χ1) is 10.2. The van der Waals surface area contributed by atoms with Crippen molar-refractivity contribution in [3.8, 4) is 11.3 Å². The molecule has 0 radical (unpaired) electrons. The van der Waals surface area contributed by atoms with Crippen LogP contribution < -0.4 is 0 Å². The minimum atomic E-state index is 0.154. The van der Waals surface area contributed by atoms with Gasteiger partial charge in [0.1, 0.15) is 11.3 Å². The third-order valence-electron chi connectivity index (χ3n) is 3.78. The molecule has 3 aromatic rings. The molecule has 0 amide bonds. The Balaban J connectivity index is 2.05. The first-order valence-corrected chi connectivity index (χ1v) is 7.37. The molecule has 0 fully saturated rings. The van der Waals surface area contributed by atoms with Gasteiger partial charge in [-0.05, 0) is 36.2 Å². The topological polar surface area (TPSA) is 30.2 Å². The van der Waals surface area contributed by atoms with Gasteiger partial charge in [0.25, 0.3) is 0 Å². The molecule has 2 heteroatoms. The molecule has 0 atom stereocenters. The maximum Gasteiger partial charge on any atom is 0.162 e. The van der Waals surface area contributed by atoms with Crippen molar-refractivity contribution in [1.29, 1.82) is 0 Å². The van der Waals surface area contributed by atoms with Crippen molar-refractivity contribution in [2.75, 3.05) is 0 Å². The van der Waals surface area contributed by atoms with Crippen molar-refractivity contribution < 1.29 is 9.21 Å². The van der Waals surface area contributed by atoms with E-state index in [4.69, 9.17) is 4.42 Å². The van der Waals surface area contributed by atoms with Gasteiger partial charge in [0.2, 0.25) is 0 Å². The molecule has 0 spiro atoms. The van der Waals surface area contributed by atoms with E-state index < -0.39 is 0 Å². The fourth-order valence-corrected chi connectivity index (χ4v) is 2.51. The van der Waals surface area contributed by atoms with Crippen LogP contribution in [0.5, 0.6) is 0 Å². The molecule has 0 aliphatic carbocycles. The Morgan fingerprint density at radius 1 is 1.05 bits per heavy atom. The van der Waals surface area contributed by atoms with Crippen molar-refractivity contribution >= 4 is 16.8 Å². The zero-order chi connectivity index (χ0) is 14.8. The van der Waals surface area contributed by atoms with Gasteiger partial charge in [-0.25, -0.2) is 0 Å². The van der Waals surface area contributed by atoms with E-state index in [0.29, 0.717) is 6.42 Å². The largest absolute Gasteiger partial charge is 0.456 e. The van der Waals surface area contributed by atoms with Crippen molar-refractivity contribution in [1.82, 2.24) is 0 Å². The van der Waals surface area contributed by atoms with Crippen LogP contribution in [0.25, 0.3) is 22.3 Å². The maximum atomic E-state index is 11.8. The van der Waals surface area contributed by atoms with E-state index in [1.165, 1.54) is 5.56 Å². The van der Waals surface area contributed by atoms with Crippen molar-refractivity contribution in [2.24, 2.45) is 0 Å². The van der Waals surface area contributed by atoms with Crippen LogP contribution in [0.3, 0.4) is 0 Å². The van der Waals surface area contributed by atoms with Crippen molar-refractivity contribution in [2.45, 2.75) is 26.7 Å². The molecule has 0 aliphatic rings. The highest BCUT2D eigenvalue weighted by Gasteiger charge is 2.09. The fraction of sp³-hybridized carbons (Fsp3) is 0.211. The monoisotopic (exact) mass is 278 g/mol. The number of Topliss-reactive ketones (excluding diaryl/α,β-unsaturated/α-hetero) is 1. The smallest absolute Gasteiger partial charge is 0.162 e. The Morgan fingerprint density at radius 2 is 1.90 bits per heavy atom. The lowest BCUT2D eigenvalue weighted by molar-refractivity contribution is 0.0988. The Bertz CT molecular complexity index is 796. The molecule has 106 valence electrons. The molecular weight excluding hydrogens is 260 g/mol. The van der Waals surface area contributed by atoms with Crippen LogP contribution in [-0.4, -0.2) is 5.78 Å². The highest BCUT2D eigenvalue weighted by atomic mass is 16.3. The second-order valence-electron chi connectivity index (χ2n) is 5.19. The van der Waals surface area contributed by atoms with Gasteiger partial charge in [-0.2, -0.15) is 0 Å². The normalized spacial score (nSPS) is 11.0. The van der Waals surface area contributed by atoms with E-state index in [9.17, 15) is 4.79 Å². The molecular formula is C19H18O2. The summed E-state index contributed by atoms with van der Waals surface area (Å²) < 4.78 is 5.91. The predicted octanol–water partition coefficient (Wildman–Crippen LogP) is 5.25. The first kappa shape index (κ1) is 13.6. The van der Waals surface area contributed by atoms with Crippen LogP contribution in [0.4, 0.5) is 0 Å². The summed E-state index contributed by atoms with van der Waals surface area (Å²) in [6.07, 6.45) is 1.53. The van der Waals surface area contributed by atoms with Crippen LogP contribution in [0.15, 0.2) is 52.9 Å². The number of fused-ring (bicyclic) bond motifs is 1. The summed E-state index contributed by atoms with van der Waals surface area (Å²) in [7, 11) is 0. The fourth-order valence-electron chi connectivity index (χ4n) is 2.51. The van der Waals surface area contributed by atoms with E-state index >= 15 is 0 Å². The summed E-state index contributed by atoms with van der Waals surface area (Å²) in [6.45, 7) is 4.02. The van der Waals surface area contributed by atoms with Crippen LogP contribution in [-0.2, 0) is 6.42 Å². The van der Waals surface area contributed by atoms with Crippen molar-refractivity contribution in [3.05, 3.63) is 59.7 Å². The van der Waals surface area contributed by atoms with Gasteiger partial charge < -0.3 is 4.42 Å². The highest BCUT2D eigenvalue weighted by Crippen LogP contribution is 2.29. The van der Waals surface area contributed by atoms with Crippen LogP contribution in [0.1, 0.15) is 36.2 Å². The number of carbonyl (C=O) groups excluding carboxylic acids is 1. The summed E-state index contributed by atoms with van der Waals surface area (Å²) in [5.74, 6) is 0.963. The Kier molecular flexibility index (Phi) is 3.61. The molecule has 1 heterocycles. The number of aryl methyl sites for hydroxylation is 1. The Hall–Kier alpha value is -2.35. The molecule has 0 unspecified atom stereocenters. The van der Waals surface area contributed by atoms with Crippen molar-refractivity contribution in [3.63, 3.8) is 0 Å². The molecule has 2 nitrogen and oxygen atoms in total. The van der Waals surface area contributed by atoms with Crippen LogP contribution >= 0.6 is 0 Å². The van der Waals surface area contributed by atoms with Crippen LogP contribution in [0.2, 0.25) is 0 Å². The Labute approximate surface area is 124 Å². The maximum absolute atomic E-state index is 11.8. The molecule has 2 aromatic carbocycles. The average Bonchev–Trinajstić information content (AvgIpc) is 2.97. The second-order valence-corrected chi connectivity index (χ2v) is 5.19. The lowest BCUT2D eigenvalue weighted by atomic mass is 10.0. The number of hydrogen-bond donors (Lipinski definition) is 0. The number of furan rings is 1. The minimum absolute atomic E-state index is 0.154. The molecule has 0 aliphatic heterocycles. The lowest BCUT2D eigenvalue weighted by Gasteiger charge is -2.00. The summed E-state index contributed by atoms with van der Waals surface area (Å²) >= 11 is 0. The summed E-state index contributed by atoms with van der Waals surface area (Å²) in [4.78, 5) is 11.8. The molecule has 0 bridgehead atoms. The number of ketones is 1. The quantitative estimate of drug-likeness (QED) is 0.610. The molecule has 21 heavy (non-hydrogen) atoms. The van der Waals surface area contributed by atoms with E-state index in [-0.39, 0.29) is 5.78 Å². The highest BCUT2D eigenvalue weighted by molar-refractivity contribution is 5.97. The molecule has 0 N–H and O–H groups in total. The van der Waals surface area contributed by atoms with Crippen LogP contribution in [0, 0.1) is 0 Å². The summed E-state index contributed by atoms with van der Waals surface area (Å²) in [5.41, 5.74) is 3.87. The third-order valence-corrected chi connectivity index (χ3v) is 3.78. The van der Waals surface area contributed by atoms with E-state index in [1.54, 1.807) is 0 Å². The standard InChI is InChI=1S/C19H18O2/c1-3-13-8-9-18-16(10-13)12-19(21-18)15-7-5-6-14(11-15)17(20)4-2/h5-12H,3-4H2,1-2H3. The SMILES string of the molecule is CCC(=O)c1cccc(-c2cc3cc(CC)ccc3o2)c1. The zero-order valence-corrected chi connectivity index (χ0v) is 12.3. The minimum Gasteiger partial charge on any atom is -0.456 e. The summed E-state index contributed by atoms with van der Waals surface area (Å²) in [6, 6.07) is 15.9. The average molecular weight is 278 g/mol. The molecule has 0 saturated heterocycles. The third kappa shape index (κ3) is 2.62. The summed E-state index contributed by atoms with van der Waals surface area (Å²) in [5, 5.41) is 1.11. The van der Waals surface area contributed by atoms with Gasteiger partial charge in [0.15, 0.2) is 5.78 Å². The van der Waals surface area contributed by atoms with Gasteiger partial charge in [-0.15, -0.1) is 0 Å². The Morgan fingerprint density at radius 3 is 2.67 bits per heavy atom. The van der Waals surface area contributed by atoms with Gasteiger partial charge in [-0.3, -0.25) is 4.79 Å². The van der Waals surface area contributed by atoms with E-state index in [1.807, 2.05) is 43.3 Å². The molecule has 3 rings (SSSR count). The number of rotatable bonds is 4. The number of hydrogen-bond acceptors (Lipinski definition) is 2. The van der Waals surface area contributed by atoms with E-state index in [0.717, 1.165) is 34.3 Å². The second kappa shape index (κ2) is 5.57. The first-order valence-electron chi connectivity index (χ1n) is 7.37. The number of benzene rings is 2. The van der Waals surface area contributed by atoms with Gasteiger partial charge in [-0.1, -0.05) is 38.1 Å². The molecule has 0 saturated carbocycles.